The minimum atomic E-state index is 1.05. The van der Waals surface area contributed by atoms with Crippen LogP contribution in [0.25, 0.3) is 50.1 Å². The highest BCUT2D eigenvalue weighted by atomic mass is 14.1. The molecule has 5 rings (SSSR count). The van der Waals surface area contributed by atoms with Gasteiger partial charge in [0.2, 0.25) is 0 Å². The molecule has 0 atom stereocenters. The Kier molecular flexibility index (Phi) is 7.81. The average Bonchev–Trinajstić information content (AvgIpc) is 3.00. The lowest BCUT2D eigenvalue weighted by atomic mass is 9.93. The van der Waals surface area contributed by atoms with Gasteiger partial charge in [-0.25, -0.2) is 0 Å². The Balaban J connectivity index is 1.48. The molecule has 0 unspecified atom stereocenters. The molecule has 186 valence electrons. The van der Waals surface area contributed by atoms with Gasteiger partial charge < -0.3 is 0 Å². The van der Waals surface area contributed by atoms with Crippen LogP contribution in [0.3, 0.4) is 0 Å². The van der Waals surface area contributed by atoms with Gasteiger partial charge in [0, 0.05) is 0 Å². The van der Waals surface area contributed by atoms with Crippen LogP contribution in [0.4, 0.5) is 0 Å². The molecule has 38 heavy (non-hydrogen) atoms. The predicted octanol–water partition coefficient (Wildman–Crippen LogP) is 10.9. The average molecular weight is 491 g/mol. The van der Waals surface area contributed by atoms with Gasteiger partial charge in [-0.15, -0.1) is 0 Å². The first-order valence-electron chi connectivity index (χ1n) is 13.5. The Hall–Kier alpha value is -4.42. The lowest BCUT2D eigenvalue weighted by molar-refractivity contribution is 1.14. The van der Waals surface area contributed by atoms with Gasteiger partial charge in [0.1, 0.15) is 0 Å². The van der Waals surface area contributed by atoms with Gasteiger partial charge in [-0.05, 0) is 106 Å². The summed E-state index contributed by atoms with van der Waals surface area (Å²) < 4.78 is 0. The van der Waals surface area contributed by atoms with E-state index in [0.29, 0.717) is 0 Å². The van der Waals surface area contributed by atoms with Crippen molar-refractivity contribution < 1.29 is 0 Å². The number of benzene rings is 5. The van der Waals surface area contributed by atoms with Gasteiger partial charge in [-0.1, -0.05) is 122 Å². The molecule has 0 aromatic heterocycles. The van der Waals surface area contributed by atoms with Gasteiger partial charge in [-0.3, -0.25) is 0 Å². The summed E-state index contributed by atoms with van der Waals surface area (Å²) in [5.41, 5.74) is 13.7. The van der Waals surface area contributed by atoms with Crippen molar-refractivity contribution in [2.75, 3.05) is 0 Å². The third-order valence-electron chi connectivity index (χ3n) is 7.11. The summed E-state index contributed by atoms with van der Waals surface area (Å²) in [6, 6.07) is 44.3. The van der Waals surface area contributed by atoms with Crippen molar-refractivity contribution >= 4 is 5.57 Å². The lowest BCUT2D eigenvalue weighted by Crippen LogP contribution is -1.86. The highest BCUT2D eigenvalue weighted by Gasteiger charge is 2.07. The quantitative estimate of drug-likeness (QED) is 0.199. The Morgan fingerprint density at radius 1 is 0.500 bits per heavy atom. The number of allylic oxidation sites excluding steroid dienone is 4. The minimum absolute atomic E-state index is 1.05. The van der Waals surface area contributed by atoms with Crippen LogP contribution in [0, 0.1) is 0 Å². The fourth-order valence-electron chi connectivity index (χ4n) is 5.02. The molecule has 0 nitrogen and oxygen atoms in total. The molecule has 0 aliphatic rings. The van der Waals surface area contributed by atoms with Crippen molar-refractivity contribution in [3.63, 3.8) is 0 Å². The molecular weight excluding hydrogens is 456 g/mol. The highest BCUT2D eigenvalue weighted by molar-refractivity contribution is 5.81. The largest absolute Gasteiger partial charge is 0.0871 e. The van der Waals surface area contributed by atoms with Crippen LogP contribution in [-0.4, -0.2) is 0 Å². The van der Waals surface area contributed by atoms with Crippen molar-refractivity contribution in [3.8, 4) is 44.5 Å². The summed E-state index contributed by atoms with van der Waals surface area (Å²) in [6.45, 7) is 6.36. The summed E-state index contributed by atoms with van der Waals surface area (Å²) in [6.07, 6.45) is 7.46. The molecule has 0 heteroatoms. The summed E-state index contributed by atoms with van der Waals surface area (Å²) in [4.78, 5) is 0. The maximum absolute atomic E-state index is 2.31. The second-order valence-electron chi connectivity index (χ2n) is 9.62. The van der Waals surface area contributed by atoms with E-state index in [1.165, 1.54) is 61.2 Å². The molecule has 0 saturated heterocycles. The maximum Gasteiger partial charge on any atom is -0.0178 e. The van der Waals surface area contributed by atoms with E-state index in [-0.39, 0.29) is 0 Å². The first kappa shape index (κ1) is 25.2. The van der Waals surface area contributed by atoms with Crippen molar-refractivity contribution in [1.29, 1.82) is 0 Å². The SMILES string of the molecule is C/C=C\C(=C/C)c1cccc(-c2cccc(-c3cccc(-c4cccc(-c5cccc(CC)c5)c4)c3)c2)c1. The maximum atomic E-state index is 2.31. The van der Waals surface area contributed by atoms with E-state index in [4.69, 9.17) is 0 Å². The topological polar surface area (TPSA) is 0 Å². The molecule has 0 bridgehead atoms. The fourth-order valence-corrected chi connectivity index (χ4v) is 5.02. The van der Waals surface area contributed by atoms with Gasteiger partial charge >= 0.3 is 0 Å². The standard InChI is InChI=1S/C38H34/c1-4-12-29(6-3)31-15-8-17-33(24-31)35-19-10-21-37(26-35)38-22-11-20-36(27-38)34-18-9-16-32(25-34)30-14-7-13-28(5-2)23-30/h4,6-27H,5H2,1-3H3/b12-4-,29-6+. The van der Waals surface area contributed by atoms with E-state index in [1.54, 1.807) is 0 Å². The van der Waals surface area contributed by atoms with Gasteiger partial charge in [-0.2, -0.15) is 0 Å². The monoisotopic (exact) mass is 490 g/mol. The van der Waals surface area contributed by atoms with Crippen LogP contribution >= 0.6 is 0 Å². The van der Waals surface area contributed by atoms with Crippen molar-refractivity contribution in [2.24, 2.45) is 0 Å². The minimum Gasteiger partial charge on any atom is -0.0871 e. The van der Waals surface area contributed by atoms with Crippen molar-refractivity contribution in [1.82, 2.24) is 0 Å². The number of rotatable bonds is 7. The molecule has 0 spiro atoms. The fraction of sp³-hybridized carbons (Fsp3) is 0.105. The third kappa shape index (κ3) is 5.61. The molecule has 0 radical (unpaired) electrons. The normalized spacial score (nSPS) is 11.7. The van der Waals surface area contributed by atoms with Gasteiger partial charge in [0.15, 0.2) is 0 Å². The molecule has 0 saturated carbocycles. The summed E-state index contributed by atoms with van der Waals surface area (Å²) in [5, 5.41) is 0. The summed E-state index contributed by atoms with van der Waals surface area (Å²) in [5.74, 6) is 0. The highest BCUT2D eigenvalue weighted by Crippen LogP contribution is 2.32. The first-order valence-corrected chi connectivity index (χ1v) is 13.5. The molecule has 0 aliphatic heterocycles. The Labute approximate surface area is 227 Å². The molecule has 0 N–H and O–H groups in total. The van der Waals surface area contributed by atoms with E-state index >= 15 is 0 Å². The molecule has 0 heterocycles. The Morgan fingerprint density at radius 2 is 0.895 bits per heavy atom. The number of aryl methyl sites for hydroxylation is 1. The zero-order valence-corrected chi connectivity index (χ0v) is 22.5. The summed E-state index contributed by atoms with van der Waals surface area (Å²) >= 11 is 0. The van der Waals surface area contributed by atoms with E-state index in [9.17, 15) is 0 Å². The van der Waals surface area contributed by atoms with E-state index < -0.39 is 0 Å². The smallest absolute Gasteiger partial charge is 0.0178 e. The molecule has 0 amide bonds. The third-order valence-corrected chi connectivity index (χ3v) is 7.11. The zero-order valence-electron chi connectivity index (χ0n) is 22.5. The number of hydrogen-bond acceptors (Lipinski definition) is 0. The molecule has 5 aromatic rings. The van der Waals surface area contributed by atoms with Crippen LogP contribution in [0.1, 0.15) is 31.9 Å². The van der Waals surface area contributed by atoms with Crippen molar-refractivity contribution in [3.05, 3.63) is 151 Å². The van der Waals surface area contributed by atoms with Gasteiger partial charge in [0.25, 0.3) is 0 Å². The van der Waals surface area contributed by atoms with Crippen LogP contribution in [-0.2, 0) is 6.42 Å². The molecule has 5 aromatic carbocycles. The van der Waals surface area contributed by atoms with Crippen LogP contribution < -0.4 is 0 Å². The Bertz CT molecular complexity index is 1610. The molecule has 0 fully saturated rings. The van der Waals surface area contributed by atoms with Crippen LogP contribution in [0.15, 0.2) is 140 Å². The molecule has 0 aliphatic carbocycles. The zero-order chi connectivity index (χ0) is 26.3. The van der Waals surface area contributed by atoms with Gasteiger partial charge in [0.05, 0.1) is 0 Å². The van der Waals surface area contributed by atoms with E-state index in [0.717, 1.165) is 6.42 Å². The predicted molar refractivity (Wildman–Crippen MR) is 166 cm³/mol. The van der Waals surface area contributed by atoms with Crippen LogP contribution in [0.5, 0.6) is 0 Å². The molecular formula is C38H34. The number of hydrogen-bond donors (Lipinski definition) is 0. The lowest BCUT2D eigenvalue weighted by Gasteiger charge is -2.11. The summed E-state index contributed by atoms with van der Waals surface area (Å²) in [7, 11) is 0. The van der Waals surface area contributed by atoms with E-state index in [2.05, 4.69) is 160 Å². The van der Waals surface area contributed by atoms with Crippen molar-refractivity contribution in [2.45, 2.75) is 27.2 Å². The van der Waals surface area contributed by atoms with Crippen LogP contribution in [0.2, 0.25) is 0 Å². The van der Waals surface area contributed by atoms with E-state index in [1.807, 2.05) is 0 Å². The Morgan fingerprint density at radius 3 is 1.32 bits per heavy atom. The first-order chi connectivity index (χ1) is 18.7. The second-order valence-corrected chi connectivity index (χ2v) is 9.62. The second kappa shape index (κ2) is 11.8.